The molecule has 0 saturated carbocycles. The molecule has 114 valence electrons. The second-order valence-corrected chi connectivity index (χ2v) is 5.81. The molecule has 0 amide bonds. The van der Waals surface area contributed by atoms with Gasteiger partial charge in [-0.25, -0.2) is 4.98 Å². The number of hydrogen-bond acceptors (Lipinski definition) is 4. The van der Waals surface area contributed by atoms with E-state index in [1.807, 2.05) is 6.20 Å². The molecule has 0 aromatic carbocycles. The van der Waals surface area contributed by atoms with Crippen LogP contribution in [0.5, 0.6) is 0 Å². The number of rotatable bonds is 6. The van der Waals surface area contributed by atoms with Crippen molar-refractivity contribution in [1.29, 1.82) is 0 Å². The number of hydrogen-bond donors (Lipinski definition) is 1. The van der Waals surface area contributed by atoms with Crippen molar-refractivity contribution in [3.05, 3.63) is 18.2 Å². The maximum atomic E-state index is 4.54. The van der Waals surface area contributed by atoms with Gasteiger partial charge in [0.25, 0.3) is 0 Å². The summed E-state index contributed by atoms with van der Waals surface area (Å²) in [5, 5.41) is 3.67. The zero-order valence-corrected chi connectivity index (χ0v) is 13.3. The largest absolute Gasteiger partial charge is 0.335 e. The molecule has 2 unspecified atom stereocenters. The highest BCUT2D eigenvalue weighted by atomic mass is 15.3. The summed E-state index contributed by atoms with van der Waals surface area (Å²) in [6, 6.07) is 1.01. The Bertz CT molecular complexity index is 403. The normalized spacial score (nSPS) is 23.1. The third-order valence-electron chi connectivity index (χ3n) is 4.37. The lowest BCUT2D eigenvalue weighted by Crippen LogP contribution is -2.59. The highest BCUT2D eigenvalue weighted by molar-refractivity contribution is 5.00. The molecule has 2 rings (SSSR count). The van der Waals surface area contributed by atoms with E-state index in [1.54, 1.807) is 0 Å². The van der Waals surface area contributed by atoms with Crippen LogP contribution in [0.25, 0.3) is 0 Å². The van der Waals surface area contributed by atoms with Crippen molar-refractivity contribution < 1.29 is 0 Å². The average molecular weight is 279 g/mol. The van der Waals surface area contributed by atoms with Crippen LogP contribution in [-0.4, -0.2) is 71.7 Å². The van der Waals surface area contributed by atoms with Gasteiger partial charge in [0.15, 0.2) is 0 Å². The number of aromatic nitrogens is 2. The van der Waals surface area contributed by atoms with E-state index in [0.29, 0.717) is 12.1 Å². The molecule has 2 atom stereocenters. The van der Waals surface area contributed by atoms with Crippen LogP contribution in [0.1, 0.15) is 19.7 Å². The maximum Gasteiger partial charge on any atom is 0.110 e. The fourth-order valence-corrected chi connectivity index (χ4v) is 3.10. The fourth-order valence-electron chi connectivity index (χ4n) is 3.10. The van der Waals surface area contributed by atoms with Crippen LogP contribution in [-0.2, 0) is 13.0 Å². The van der Waals surface area contributed by atoms with Gasteiger partial charge in [0.05, 0.1) is 0 Å². The Kier molecular flexibility index (Phi) is 5.57. The number of imidazole rings is 1. The predicted molar refractivity (Wildman–Crippen MR) is 83.0 cm³/mol. The van der Waals surface area contributed by atoms with Crippen LogP contribution in [0, 0.1) is 0 Å². The van der Waals surface area contributed by atoms with Crippen LogP contribution in [0.4, 0.5) is 0 Å². The summed E-state index contributed by atoms with van der Waals surface area (Å²) in [6.45, 7) is 9.79. The van der Waals surface area contributed by atoms with Crippen molar-refractivity contribution in [2.45, 2.75) is 38.9 Å². The van der Waals surface area contributed by atoms with Gasteiger partial charge in [-0.3, -0.25) is 4.90 Å². The molecule has 5 heteroatoms. The van der Waals surface area contributed by atoms with Crippen molar-refractivity contribution in [2.75, 3.05) is 40.3 Å². The van der Waals surface area contributed by atoms with E-state index >= 15 is 0 Å². The number of likely N-dealkylation sites (N-methyl/N-ethyl adjacent to an activating group) is 3. The minimum atomic E-state index is 0.459. The Morgan fingerprint density at radius 3 is 2.85 bits per heavy atom. The van der Waals surface area contributed by atoms with E-state index in [9.17, 15) is 0 Å². The number of aryl methyl sites for hydroxylation is 1. The monoisotopic (exact) mass is 279 g/mol. The lowest BCUT2D eigenvalue weighted by Gasteiger charge is -2.42. The molecule has 1 N–H and O–H groups in total. The van der Waals surface area contributed by atoms with Gasteiger partial charge in [0.1, 0.15) is 5.82 Å². The summed E-state index contributed by atoms with van der Waals surface area (Å²) in [5.74, 6) is 1.19. The highest BCUT2D eigenvalue weighted by Crippen LogP contribution is 2.14. The lowest BCUT2D eigenvalue weighted by molar-refractivity contribution is 0.0873. The van der Waals surface area contributed by atoms with Crippen LogP contribution in [0.2, 0.25) is 0 Å². The van der Waals surface area contributed by atoms with Gasteiger partial charge in [-0.2, -0.15) is 0 Å². The molecular formula is C15H29N5. The Balaban J connectivity index is 2.09. The standard InChI is InChI=1S/C15H29N5/c1-5-16-13(11-15-17-7-8-20(15)6-2)14-12-18(3)9-10-19(14)4/h7-8,13-14,16H,5-6,9-12H2,1-4H3. The molecule has 1 saturated heterocycles. The maximum absolute atomic E-state index is 4.54. The zero-order chi connectivity index (χ0) is 14.5. The quantitative estimate of drug-likeness (QED) is 0.830. The van der Waals surface area contributed by atoms with Crippen molar-refractivity contribution in [1.82, 2.24) is 24.7 Å². The van der Waals surface area contributed by atoms with Gasteiger partial charge in [0.2, 0.25) is 0 Å². The molecule has 0 spiro atoms. The van der Waals surface area contributed by atoms with Gasteiger partial charge in [-0.05, 0) is 27.6 Å². The van der Waals surface area contributed by atoms with Gasteiger partial charge >= 0.3 is 0 Å². The minimum absolute atomic E-state index is 0.459. The van der Waals surface area contributed by atoms with E-state index in [-0.39, 0.29) is 0 Å². The van der Waals surface area contributed by atoms with Gasteiger partial charge in [-0.15, -0.1) is 0 Å². The third kappa shape index (κ3) is 3.59. The Morgan fingerprint density at radius 2 is 2.15 bits per heavy atom. The molecule has 0 bridgehead atoms. The van der Waals surface area contributed by atoms with Crippen LogP contribution in [0.3, 0.4) is 0 Å². The predicted octanol–water partition coefficient (Wildman–Crippen LogP) is 0.669. The Hall–Kier alpha value is -0.910. The second kappa shape index (κ2) is 7.20. The van der Waals surface area contributed by atoms with Gasteiger partial charge in [-0.1, -0.05) is 6.92 Å². The third-order valence-corrected chi connectivity index (χ3v) is 4.37. The zero-order valence-electron chi connectivity index (χ0n) is 13.3. The molecule has 1 aromatic rings. The Morgan fingerprint density at radius 1 is 1.35 bits per heavy atom. The van der Waals surface area contributed by atoms with Crippen molar-refractivity contribution in [3.63, 3.8) is 0 Å². The first kappa shape index (κ1) is 15.5. The van der Waals surface area contributed by atoms with Crippen molar-refractivity contribution >= 4 is 0 Å². The molecule has 1 aliphatic heterocycles. The SMILES string of the molecule is CCNC(Cc1nccn1CC)C1CN(C)CCN1C. The van der Waals surface area contributed by atoms with Crippen LogP contribution >= 0.6 is 0 Å². The first-order chi connectivity index (χ1) is 9.65. The average Bonchev–Trinajstić information content (AvgIpc) is 2.88. The first-order valence-corrected chi connectivity index (χ1v) is 7.77. The van der Waals surface area contributed by atoms with E-state index in [1.165, 1.54) is 5.82 Å². The fraction of sp³-hybridized carbons (Fsp3) is 0.800. The summed E-state index contributed by atoms with van der Waals surface area (Å²) in [4.78, 5) is 9.46. The summed E-state index contributed by atoms with van der Waals surface area (Å²) in [7, 11) is 4.46. The summed E-state index contributed by atoms with van der Waals surface area (Å²) >= 11 is 0. The number of nitrogens with one attached hydrogen (secondary N) is 1. The van der Waals surface area contributed by atoms with Crippen molar-refractivity contribution in [2.24, 2.45) is 0 Å². The van der Waals surface area contributed by atoms with E-state index in [4.69, 9.17) is 0 Å². The molecule has 1 fully saturated rings. The van der Waals surface area contributed by atoms with Crippen molar-refractivity contribution in [3.8, 4) is 0 Å². The molecule has 1 aliphatic rings. The molecule has 2 heterocycles. The first-order valence-electron chi connectivity index (χ1n) is 7.77. The van der Waals surface area contributed by atoms with Crippen LogP contribution < -0.4 is 5.32 Å². The number of nitrogens with zero attached hydrogens (tertiary/aromatic N) is 4. The topological polar surface area (TPSA) is 36.3 Å². The van der Waals surface area contributed by atoms with Crippen LogP contribution in [0.15, 0.2) is 12.4 Å². The molecule has 0 aliphatic carbocycles. The smallest absolute Gasteiger partial charge is 0.110 e. The molecule has 5 nitrogen and oxygen atoms in total. The Labute approximate surface area is 123 Å². The van der Waals surface area contributed by atoms with Gasteiger partial charge < -0.3 is 14.8 Å². The molecular weight excluding hydrogens is 250 g/mol. The second-order valence-electron chi connectivity index (χ2n) is 5.81. The summed E-state index contributed by atoms with van der Waals surface area (Å²) in [6.07, 6.45) is 4.99. The molecule has 1 aromatic heterocycles. The summed E-state index contributed by atoms with van der Waals surface area (Å²) in [5.41, 5.74) is 0. The minimum Gasteiger partial charge on any atom is -0.335 e. The molecule has 20 heavy (non-hydrogen) atoms. The lowest BCUT2D eigenvalue weighted by atomic mass is 10.00. The molecule has 0 radical (unpaired) electrons. The van der Waals surface area contributed by atoms with E-state index in [0.717, 1.165) is 39.1 Å². The number of piperazine rings is 1. The highest BCUT2D eigenvalue weighted by Gasteiger charge is 2.30. The van der Waals surface area contributed by atoms with E-state index in [2.05, 4.69) is 58.8 Å². The summed E-state index contributed by atoms with van der Waals surface area (Å²) < 4.78 is 2.25. The van der Waals surface area contributed by atoms with Gasteiger partial charge in [0, 0.05) is 57.1 Å². The van der Waals surface area contributed by atoms with E-state index < -0.39 is 0 Å².